The van der Waals surface area contributed by atoms with Crippen molar-refractivity contribution in [1.82, 2.24) is 4.98 Å². The maximum atomic E-state index is 6.02. The molecule has 0 amide bonds. The summed E-state index contributed by atoms with van der Waals surface area (Å²) in [5.74, 6) is 0. The van der Waals surface area contributed by atoms with Crippen molar-refractivity contribution in [3.05, 3.63) is 65.8 Å². The van der Waals surface area contributed by atoms with Gasteiger partial charge in [0.05, 0.1) is 10.6 Å². The summed E-state index contributed by atoms with van der Waals surface area (Å²) in [6.45, 7) is 0. The zero-order chi connectivity index (χ0) is 15.6. The Morgan fingerprint density at radius 2 is 1.91 bits per heavy atom. The molecule has 3 aromatic rings. The first-order chi connectivity index (χ1) is 11.3. The van der Waals surface area contributed by atoms with E-state index in [0.29, 0.717) is 5.02 Å². The predicted octanol–water partition coefficient (Wildman–Crippen LogP) is 4.42. The van der Waals surface area contributed by atoms with Crippen molar-refractivity contribution in [2.24, 2.45) is 10.3 Å². The number of benzene rings is 2. The maximum Gasteiger partial charge on any atom is 0.294 e. The Morgan fingerprint density at radius 3 is 2.78 bits per heavy atom. The average Bonchev–Trinajstić information content (AvgIpc) is 3.04. The molecule has 2 heterocycles. The average molecular weight is 323 g/mol. The smallest absolute Gasteiger partial charge is 0.294 e. The van der Waals surface area contributed by atoms with Crippen LogP contribution in [0, 0.1) is 0 Å². The zero-order valence-corrected chi connectivity index (χ0v) is 12.9. The van der Waals surface area contributed by atoms with Crippen LogP contribution in [-0.2, 0) is 0 Å². The normalized spacial score (nSPS) is 16.6. The lowest BCUT2D eigenvalue weighted by Gasteiger charge is -2.07. The molecule has 112 valence electrons. The van der Waals surface area contributed by atoms with Crippen LogP contribution in [0.3, 0.4) is 0 Å². The van der Waals surface area contributed by atoms with Crippen molar-refractivity contribution in [3.8, 4) is 0 Å². The Labute approximate surface area is 137 Å². The van der Waals surface area contributed by atoms with E-state index >= 15 is 0 Å². The van der Waals surface area contributed by atoms with Crippen molar-refractivity contribution in [2.45, 2.75) is 6.17 Å². The van der Waals surface area contributed by atoms with Crippen molar-refractivity contribution < 1.29 is 4.68 Å². The summed E-state index contributed by atoms with van der Waals surface area (Å²) in [5, 5.41) is 13.5. The Bertz CT molecular complexity index is 921. The molecule has 23 heavy (non-hydrogen) atoms. The third-order valence-electron chi connectivity index (χ3n) is 3.58. The van der Waals surface area contributed by atoms with Gasteiger partial charge in [0.1, 0.15) is 5.22 Å². The SMILES string of the molecule is Clc1ccc2c(NC3C=[N+](c4ccccc4)N=N3)ccnc2c1. The van der Waals surface area contributed by atoms with Crippen molar-refractivity contribution in [2.75, 3.05) is 5.32 Å². The highest BCUT2D eigenvalue weighted by atomic mass is 35.5. The van der Waals surface area contributed by atoms with E-state index in [2.05, 4.69) is 20.6 Å². The van der Waals surface area contributed by atoms with Crippen LogP contribution in [0.4, 0.5) is 11.4 Å². The third kappa shape index (κ3) is 2.78. The van der Waals surface area contributed by atoms with Crippen LogP contribution < -0.4 is 5.32 Å². The molecular formula is C17H13ClN5+. The van der Waals surface area contributed by atoms with Crippen LogP contribution in [0.15, 0.2) is 71.1 Å². The van der Waals surface area contributed by atoms with E-state index in [-0.39, 0.29) is 6.17 Å². The number of para-hydroxylation sites is 1. The number of nitrogens with one attached hydrogen (secondary N) is 1. The van der Waals surface area contributed by atoms with Gasteiger partial charge in [0, 0.05) is 22.3 Å². The van der Waals surface area contributed by atoms with Gasteiger partial charge in [-0.3, -0.25) is 4.98 Å². The molecule has 0 bridgehead atoms. The maximum absolute atomic E-state index is 6.02. The van der Waals surface area contributed by atoms with Gasteiger partial charge < -0.3 is 5.32 Å². The summed E-state index contributed by atoms with van der Waals surface area (Å²) in [6.07, 6.45) is 3.45. The van der Waals surface area contributed by atoms with Crippen LogP contribution >= 0.6 is 11.6 Å². The molecule has 1 aliphatic heterocycles. The lowest BCUT2D eigenvalue weighted by atomic mass is 10.2. The topological polar surface area (TPSA) is 52.6 Å². The molecule has 4 rings (SSSR count). The zero-order valence-electron chi connectivity index (χ0n) is 12.1. The number of fused-ring (bicyclic) bond motifs is 1. The monoisotopic (exact) mass is 322 g/mol. The molecule has 0 spiro atoms. The van der Waals surface area contributed by atoms with Gasteiger partial charge in [0.25, 0.3) is 6.17 Å². The molecule has 1 N–H and O–H groups in total. The summed E-state index contributed by atoms with van der Waals surface area (Å²) < 4.78 is 1.76. The van der Waals surface area contributed by atoms with Crippen molar-refractivity contribution in [3.63, 3.8) is 0 Å². The lowest BCUT2D eigenvalue weighted by Crippen LogP contribution is -2.17. The number of aromatic nitrogens is 1. The van der Waals surface area contributed by atoms with Gasteiger partial charge >= 0.3 is 0 Å². The molecule has 0 aliphatic carbocycles. The summed E-state index contributed by atoms with van der Waals surface area (Å²) in [4.78, 5) is 4.34. The fourth-order valence-electron chi connectivity index (χ4n) is 2.50. The number of rotatable bonds is 3. The molecule has 1 aromatic heterocycles. The Hall–Kier alpha value is -2.79. The molecule has 0 saturated heterocycles. The van der Waals surface area contributed by atoms with E-state index < -0.39 is 0 Å². The number of hydrogen-bond acceptors (Lipinski definition) is 4. The first kappa shape index (κ1) is 13.8. The molecule has 2 aromatic carbocycles. The molecule has 0 radical (unpaired) electrons. The van der Waals surface area contributed by atoms with E-state index in [1.165, 1.54) is 0 Å². The first-order valence-corrected chi connectivity index (χ1v) is 7.58. The predicted molar refractivity (Wildman–Crippen MR) is 91.4 cm³/mol. The Morgan fingerprint density at radius 1 is 1.04 bits per heavy atom. The lowest BCUT2D eigenvalue weighted by molar-refractivity contribution is -0.444. The van der Waals surface area contributed by atoms with Crippen molar-refractivity contribution >= 4 is 40.1 Å². The Balaban J connectivity index is 1.63. The number of nitrogens with zero attached hydrogens (tertiary/aromatic N) is 4. The van der Waals surface area contributed by atoms with Gasteiger partial charge in [-0.1, -0.05) is 29.8 Å². The number of pyridine rings is 1. The number of halogens is 1. The van der Waals surface area contributed by atoms with Gasteiger partial charge in [-0.2, -0.15) is 0 Å². The summed E-state index contributed by atoms with van der Waals surface area (Å²) in [7, 11) is 0. The molecule has 1 atom stereocenters. The second-order valence-corrected chi connectivity index (χ2v) is 5.58. The van der Waals surface area contributed by atoms with E-state index in [1.807, 2.05) is 60.8 Å². The van der Waals surface area contributed by atoms with Gasteiger partial charge in [0.15, 0.2) is 11.9 Å². The van der Waals surface area contributed by atoms with E-state index in [1.54, 1.807) is 10.9 Å². The largest absolute Gasteiger partial charge is 0.335 e. The molecule has 6 heteroatoms. The fraction of sp³-hybridized carbons (Fsp3) is 0.0588. The van der Waals surface area contributed by atoms with E-state index in [0.717, 1.165) is 22.3 Å². The second-order valence-electron chi connectivity index (χ2n) is 5.14. The minimum atomic E-state index is -0.225. The standard InChI is InChI=1S/C17H13ClN5/c18-12-6-7-14-15(8-9-19-16(14)10-12)20-17-11-23(22-21-17)13-4-2-1-3-5-13/h1-11,17H,(H,19,20)/q+1. The van der Waals surface area contributed by atoms with Gasteiger partial charge in [-0.05, 0) is 36.4 Å². The van der Waals surface area contributed by atoms with Gasteiger partial charge in [0.2, 0.25) is 0 Å². The highest BCUT2D eigenvalue weighted by molar-refractivity contribution is 6.31. The summed E-state index contributed by atoms with van der Waals surface area (Å²) in [5.41, 5.74) is 2.77. The van der Waals surface area contributed by atoms with Crippen LogP contribution in [0.2, 0.25) is 5.02 Å². The fourth-order valence-corrected chi connectivity index (χ4v) is 2.66. The molecular weight excluding hydrogens is 310 g/mol. The van der Waals surface area contributed by atoms with E-state index in [4.69, 9.17) is 11.6 Å². The van der Waals surface area contributed by atoms with Gasteiger partial charge in [-0.25, -0.2) is 0 Å². The highest BCUT2D eigenvalue weighted by Crippen LogP contribution is 2.25. The molecule has 5 nitrogen and oxygen atoms in total. The van der Waals surface area contributed by atoms with Gasteiger partial charge in [-0.15, -0.1) is 4.68 Å². The second kappa shape index (κ2) is 5.78. The number of hydrogen-bond donors (Lipinski definition) is 1. The molecule has 0 saturated carbocycles. The molecule has 1 aliphatic rings. The molecule has 0 fully saturated rings. The Kier molecular flexibility index (Phi) is 3.48. The summed E-state index contributed by atoms with van der Waals surface area (Å²) >= 11 is 6.02. The quantitative estimate of drug-likeness (QED) is 0.726. The van der Waals surface area contributed by atoms with Crippen LogP contribution in [0.5, 0.6) is 0 Å². The molecule has 1 unspecified atom stereocenters. The summed E-state index contributed by atoms with van der Waals surface area (Å²) in [6, 6.07) is 17.5. The van der Waals surface area contributed by atoms with Crippen molar-refractivity contribution in [1.29, 1.82) is 0 Å². The minimum Gasteiger partial charge on any atom is -0.335 e. The number of anilines is 1. The van der Waals surface area contributed by atoms with Crippen LogP contribution in [0.25, 0.3) is 10.9 Å². The van der Waals surface area contributed by atoms with Crippen LogP contribution in [-0.4, -0.2) is 22.0 Å². The van der Waals surface area contributed by atoms with E-state index in [9.17, 15) is 0 Å². The first-order valence-electron chi connectivity index (χ1n) is 7.20. The van der Waals surface area contributed by atoms with Crippen LogP contribution in [0.1, 0.15) is 0 Å². The minimum absolute atomic E-state index is 0.225. The third-order valence-corrected chi connectivity index (χ3v) is 3.82. The highest BCUT2D eigenvalue weighted by Gasteiger charge is 2.23.